The van der Waals surface area contributed by atoms with E-state index in [9.17, 15) is 4.79 Å². The minimum Gasteiger partial charge on any atom is -0.497 e. The standard InChI is InChI=1S/C17H16O2/c1-11-4-3-5-15-16(11)9-13-8-14(19-2)7-6-12(13)10-17(15)18/h3-8H,9-10H2,1-2H3. The third-order valence-corrected chi connectivity index (χ3v) is 3.84. The second kappa shape index (κ2) is 4.54. The van der Waals surface area contributed by atoms with Gasteiger partial charge in [0.2, 0.25) is 0 Å². The van der Waals surface area contributed by atoms with E-state index in [1.54, 1.807) is 7.11 Å². The summed E-state index contributed by atoms with van der Waals surface area (Å²) in [5.41, 5.74) is 5.51. The third-order valence-electron chi connectivity index (χ3n) is 3.84. The molecule has 0 unspecified atom stereocenters. The Morgan fingerprint density at radius 3 is 2.68 bits per heavy atom. The fourth-order valence-corrected chi connectivity index (χ4v) is 2.72. The number of ether oxygens (including phenoxy) is 1. The number of fused-ring (bicyclic) bond motifs is 2. The van der Waals surface area contributed by atoms with Crippen LogP contribution in [0, 0.1) is 6.92 Å². The molecule has 96 valence electrons. The molecule has 2 aromatic rings. The number of rotatable bonds is 1. The van der Waals surface area contributed by atoms with Crippen LogP contribution in [-0.4, -0.2) is 12.9 Å². The molecule has 3 rings (SSSR count). The molecule has 19 heavy (non-hydrogen) atoms. The summed E-state index contributed by atoms with van der Waals surface area (Å²) in [5.74, 6) is 1.06. The Balaban J connectivity index is 2.17. The van der Waals surface area contributed by atoms with Crippen LogP contribution in [0.15, 0.2) is 36.4 Å². The Labute approximate surface area is 113 Å². The van der Waals surface area contributed by atoms with Gasteiger partial charge in [-0.2, -0.15) is 0 Å². The van der Waals surface area contributed by atoms with Gasteiger partial charge in [-0.1, -0.05) is 24.3 Å². The number of methoxy groups -OCH3 is 1. The lowest BCUT2D eigenvalue weighted by atomic mass is 9.96. The van der Waals surface area contributed by atoms with Crippen molar-refractivity contribution >= 4 is 5.78 Å². The zero-order valence-corrected chi connectivity index (χ0v) is 11.2. The Kier molecular flexibility index (Phi) is 2.86. The Morgan fingerprint density at radius 2 is 1.89 bits per heavy atom. The molecule has 0 aromatic heterocycles. The van der Waals surface area contributed by atoms with Gasteiger partial charge in [-0.25, -0.2) is 0 Å². The summed E-state index contributed by atoms with van der Waals surface area (Å²) in [6.45, 7) is 2.07. The Morgan fingerprint density at radius 1 is 1.05 bits per heavy atom. The van der Waals surface area contributed by atoms with E-state index < -0.39 is 0 Å². The number of Topliss-reactive ketones (excluding diaryl/α,β-unsaturated/α-hetero) is 1. The normalized spacial score (nSPS) is 13.5. The van der Waals surface area contributed by atoms with Gasteiger partial charge in [-0.05, 0) is 47.7 Å². The maximum absolute atomic E-state index is 12.3. The first-order chi connectivity index (χ1) is 9.19. The zero-order chi connectivity index (χ0) is 13.4. The van der Waals surface area contributed by atoms with Crippen LogP contribution in [0.4, 0.5) is 0 Å². The first-order valence-electron chi connectivity index (χ1n) is 6.46. The molecule has 0 atom stereocenters. The summed E-state index contributed by atoms with van der Waals surface area (Å²) in [6.07, 6.45) is 1.29. The lowest BCUT2D eigenvalue weighted by Gasteiger charge is -2.09. The van der Waals surface area contributed by atoms with E-state index in [1.165, 1.54) is 11.1 Å². The quantitative estimate of drug-likeness (QED) is 0.778. The smallest absolute Gasteiger partial charge is 0.167 e. The van der Waals surface area contributed by atoms with Crippen LogP contribution in [-0.2, 0) is 12.8 Å². The summed E-state index contributed by atoms with van der Waals surface area (Å²) >= 11 is 0. The highest BCUT2D eigenvalue weighted by Gasteiger charge is 2.20. The van der Waals surface area contributed by atoms with Crippen molar-refractivity contribution in [2.75, 3.05) is 7.11 Å². The highest BCUT2D eigenvalue weighted by molar-refractivity contribution is 6.00. The highest BCUT2D eigenvalue weighted by Crippen LogP contribution is 2.28. The van der Waals surface area contributed by atoms with Crippen molar-refractivity contribution in [1.29, 1.82) is 0 Å². The first kappa shape index (κ1) is 12.0. The number of aryl methyl sites for hydroxylation is 1. The predicted molar refractivity (Wildman–Crippen MR) is 75.0 cm³/mol. The molecule has 0 saturated carbocycles. The van der Waals surface area contributed by atoms with E-state index in [4.69, 9.17) is 4.74 Å². The molecule has 0 spiro atoms. The topological polar surface area (TPSA) is 26.3 Å². The largest absolute Gasteiger partial charge is 0.497 e. The Bertz CT molecular complexity index is 656. The van der Waals surface area contributed by atoms with Gasteiger partial charge in [0.25, 0.3) is 0 Å². The molecule has 2 heteroatoms. The second-order valence-electron chi connectivity index (χ2n) is 5.01. The molecule has 0 amide bonds. The van der Waals surface area contributed by atoms with E-state index >= 15 is 0 Å². The SMILES string of the molecule is COc1ccc2c(c1)Cc1c(C)cccc1C(=O)C2. The van der Waals surface area contributed by atoms with Crippen LogP contribution < -0.4 is 4.74 Å². The number of hydrogen-bond donors (Lipinski definition) is 0. The van der Waals surface area contributed by atoms with Crippen LogP contribution in [0.25, 0.3) is 0 Å². The average Bonchev–Trinajstić information content (AvgIpc) is 2.56. The number of carbonyl (C=O) groups is 1. The van der Waals surface area contributed by atoms with E-state index in [1.807, 2.05) is 30.3 Å². The number of benzene rings is 2. The van der Waals surface area contributed by atoms with Crippen molar-refractivity contribution in [3.63, 3.8) is 0 Å². The summed E-state index contributed by atoms with van der Waals surface area (Å²) in [6, 6.07) is 11.9. The minimum absolute atomic E-state index is 0.211. The molecule has 0 radical (unpaired) electrons. The third kappa shape index (κ3) is 2.03. The molecule has 2 aromatic carbocycles. The fourth-order valence-electron chi connectivity index (χ4n) is 2.72. The van der Waals surface area contributed by atoms with Crippen molar-refractivity contribution in [3.8, 4) is 5.75 Å². The molecule has 1 aliphatic carbocycles. The Hall–Kier alpha value is -2.09. The highest BCUT2D eigenvalue weighted by atomic mass is 16.5. The molecule has 1 aliphatic rings. The number of hydrogen-bond acceptors (Lipinski definition) is 2. The van der Waals surface area contributed by atoms with Gasteiger partial charge >= 0.3 is 0 Å². The van der Waals surface area contributed by atoms with Gasteiger partial charge in [-0.3, -0.25) is 4.79 Å². The molecule has 0 aliphatic heterocycles. The maximum Gasteiger partial charge on any atom is 0.167 e. The van der Waals surface area contributed by atoms with E-state index in [2.05, 4.69) is 13.0 Å². The van der Waals surface area contributed by atoms with Crippen LogP contribution in [0.5, 0.6) is 5.75 Å². The van der Waals surface area contributed by atoms with Gasteiger partial charge in [0, 0.05) is 12.0 Å². The van der Waals surface area contributed by atoms with Crippen molar-refractivity contribution in [3.05, 3.63) is 64.2 Å². The van der Waals surface area contributed by atoms with Gasteiger partial charge in [0.15, 0.2) is 5.78 Å². The van der Waals surface area contributed by atoms with Crippen molar-refractivity contribution in [2.45, 2.75) is 19.8 Å². The monoisotopic (exact) mass is 252 g/mol. The van der Waals surface area contributed by atoms with Gasteiger partial charge < -0.3 is 4.74 Å². The lowest BCUT2D eigenvalue weighted by Crippen LogP contribution is -2.04. The number of ketones is 1. The average molecular weight is 252 g/mol. The second-order valence-corrected chi connectivity index (χ2v) is 5.01. The summed E-state index contributed by atoms with van der Waals surface area (Å²) in [7, 11) is 1.67. The van der Waals surface area contributed by atoms with Crippen LogP contribution in [0.2, 0.25) is 0 Å². The number of carbonyl (C=O) groups excluding carboxylic acids is 1. The van der Waals surface area contributed by atoms with Crippen molar-refractivity contribution < 1.29 is 9.53 Å². The molecular formula is C17H16O2. The van der Waals surface area contributed by atoms with E-state index in [0.717, 1.165) is 28.9 Å². The van der Waals surface area contributed by atoms with E-state index in [0.29, 0.717) is 6.42 Å². The van der Waals surface area contributed by atoms with Gasteiger partial charge in [-0.15, -0.1) is 0 Å². The molecular weight excluding hydrogens is 236 g/mol. The van der Waals surface area contributed by atoms with E-state index in [-0.39, 0.29) is 5.78 Å². The van der Waals surface area contributed by atoms with Gasteiger partial charge in [0.05, 0.1) is 7.11 Å². The van der Waals surface area contributed by atoms with Crippen LogP contribution >= 0.6 is 0 Å². The first-order valence-corrected chi connectivity index (χ1v) is 6.46. The van der Waals surface area contributed by atoms with Crippen LogP contribution in [0.3, 0.4) is 0 Å². The molecule has 0 fully saturated rings. The molecule has 2 nitrogen and oxygen atoms in total. The minimum atomic E-state index is 0.211. The predicted octanol–water partition coefficient (Wildman–Crippen LogP) is 3.33. The summed E-state index contributed by atoms with van der Waals surface area (Å²) in [5, 5.41) is 0. The molecule has 0 heterocycles. The molecule has 0 N–H and O–H groups in total. The van der Waals surface area contributed by atoms with Crippen LogP contribution in [0.1, 0.15) is 32.6 Å². The molecule has 0 bridgehead atoms. The molecule has 0 saturated heterocycles. The summed E-state index contributed by atoms with van der Waals surface area (Å²) in [4.78, 5) is 12.3. The van der Waals surface area contributed by atoms with Crippen molar-refractivity contribution in [1.82, 2.24) is 0 Å². The zero-order valence-electron chi connectivity index (χ0n) is 11.2. The fraction of sp³-hybridized carbons (Fsp3) is 0.235. The summed E-state index contributed by atoms with van der Waals surface area (Å²) < 4.78 is 5.28. The lowest BCUT2D eigenvalue weighted by molar-refractivity contribution is 0.0993. The van der Waals surface area contributed by atoms with Gasteiger partial charge in [0.1, 0.15) is 5.75 Å². The maximum atomic E-state index is 12.3. The van der Waals surface area contributed by atoms with Crippen molar-refractivity contribution in [2.24, 2.45) is 0 Å².